The van der Waals surface area contributed by atoms with Crippen LogP contribution in [0.5, 0.6) is 0 Å². The molecule has 0 saturated carbocycles. The lowest BCUT2D eigenvalue weighted by Crippen LogP contribution is -2.22. The van der Waals surface area contributed by atoms with Crippen molar-refractivity contribution in [2.75, 3.05) is 0 Å². The number of halogens is 5. The van der Waals surface area contributed by atoms with E-state index >= 15 is 0 Å². The molecule has 0 aliphatic carbocycles. The van der Waals surface area contributed by atoms with E-state index in [1.54, 1.807) is 18.2 Å². The van der Waals surface area contributed by atoms with E-state index in [9.17, 15) is 22.4 Å². The molecular formula is C11H7ClF4OS. The number of allylic oxidation sites excluding steroid dienone is 1. The lowest BCUT2D eigenvalue weighted by atomic mass is 10.2. The fourth-order valence-corrected chi connectivity index (χ4v) is 1.96. The van der Waals surface area contributed by atoms with Gasteiger partial charge in [-0.2, -0.15) is 8.78 Å². The maximum Gasteiger partial charge on any atom is 0.357 e. The maximum absolute atomic E-state index is 12.8. The number of carbonyl (C=O) groups is 1. The van der Waals surface area contributed by atoms with E-state index in [-0.39, 0.29) is 11.3 Å². The molecule has 98 valence electrons. The summed E-state index contributed by atoms with van der Waals surface area (Å²) in [6, 6.07) is 7.78. The highest BCUT2D eigenvalue weighted by Gasteiger charge is 2.43. The van der Waals surface area contributed by atoms with Gasteiger partial charge in [0, 0.05) is 0 Å². The van der Waals surface area contributed by atoms with Crippen molar-refractivity contribution in [2.24, 2.45) is 0 Å². The van der Waals surface area contributed by atoms with Gasteiger partial charge < -0.3 is 0 Å². The molecule has 0 atom stereocenters. The minimum atomic E-state index is -4.36. The predicted molar refractivity (Wildman–Crippen MR) is 63.8 cm³/mol. The third-order valence-electron chi connectivity index (χ3n) is 1.85. The molecule has 1 nitrogen and oxygen atoms in total. The van der Waals surface area contributed by atoms with Gasteiger partial charge in [-0.1, -0.05) is 41.9 Å². The third kappa shape index (κ3) is 3.74. The van der Waals surface area contributed by atoms with Gasteiger partial charge in [-0.15, -0.1) is 0 Å². The van der Waals surface area contributed by atoms with Crippen LogP contribution in [0, 0.1) is 0 Å². The van der Waals surface area contributed by atoms with Gasteiger partial charge in [0.15, 0.2) is 6.29 Å². The molecule has 0 unspecified atom stereocenters. The average Bonchev–Trinajstić information content (AvgIpc) is 2.36. The number of alkyl halides is 4. The Morgan fingerprint density at radius 1 is 1.28 bits per heavy atom. The van der Waals surface area contributed by atoms with E-state index in [0.717, 1.165) is 0 Å². The monoisotopic (exact) mass is 298 g/mol. The molecule has 0 heterocycles. The van der Waals surface area contributed by atoms with Crippen LogP contribution in [0.1, 0.15) is 5.56 Å². The van der Waals surface area contributed by atoms with E-state index in [2.05, 4.69) is 0 Å². The van der Waals surface area contributed by atoms with Gasteiger partial charge in [0.05, 0.1) is 9.94 Å². The minimum absolute atomic E-state index is 0.0380. The number of rotatable bonds is 5. The largest absolute Gasteiger partial charge is 0.357 e. The molecule has 0 saturated heterocycles. The first kappa shape index (κ1) is 15.0. The number of hydrogen-bond donors (Lipinski definition) is 0. The summed E-state index contributed by atoms with van der Waals surface area (Å²) in [5, 5.41) is -4.64. The standard InChI is InChI=1S/C11H7ClF4OS/c12-9(7-4-2-1-3-5-7)8(6-17)18-11(15,16)10(13)14/h1-6,10H/b9-8+. The van der Waals surface area contributed by atoms with Crippen LogP contribution in [0.4, 0.5) is 17.6 Å². The van der Waals surface area contributed by atoms with Crippen LogP contribution in [0.25, 0.3) is 5.03 Å². The van der Waals surface area contributed by atoms with Crippen molar-refractivity contribution in [1.82, 2.24) is 0 Å². The number of benzene rings is 1. The quantitative estimate of drug-likeness (QED) is 0.456. The van der Waals surface area contributed by atoms with Crippen molar-refractivity contribution in [3.8, 4) is 0 Å². The second-order valence-corrected chi connectivity index (χ2v) is 4.69. The number of thioether (sulfide) groups is 1. The first-order valence-corrected chi connectivity index (χ1v) is 5.83. The van der Waals surface area contributed by atoms with E-state index in [4.69, 9.17) is 11.6 Å². The minimum Gasteiger partial charge on any atom is -0.297 e. The highest BCUT2D eigenvalue weighted by atomic mass is 35.5. The molecule has 0 amide bonds. The molecule has 0 aromatic heterocycles. The fourth-order valence-electron chi connectivity index (χ4n) is 1.04. The van der Waals surface area contributed by atoms with Gasteiger partial charge in [0.25, 0.3) is 0 Å². The molecule has 0 aliphatic rings. The van der Waals surface area contributed by atoms with Crippen LogP contribution in [0.2, 0.25) is 0 Å². The molecule has 0 fully saturated rings. The molecule has 18 heavy (non-hydrogen) atoms. The zero-order valence-electron chi connectivity index (χ0n) is 8.75. The van der Waals surface area contributed by atoms with E-state index in [1.807, 2.05) is 0 Å². The Kier molecular flexibility index (Phi) is 5.22. The zero-order valence-corrected chi connectivity index (χ0v) is 10.3. The van der Waals surface area contributed by atoms with Gasteiger partial charge >= 0.3 is 11.7 Å². The van der Waals surface area contributed by atoms with E-state index in [1.165, 1.54) is 12.1 Å². The van der Waals surface area contributed by atoms with Gasteiger partial charge in [0.1, 0.15) is 0 Å². The molecular weight excluding hydrogens is 292 g/mol. The molecule has 7 heteroatoms. The SMILES string of the molecule is O=C/C(SC(F)(F)C(F)F)=C(\Cl)c1ccccc1. The first-order chi connectivity index (χ1) is 8.38. The lowest BCUT2D eigenvalue weighted by Gasteiger charge is -2.14. The Bertz CT molecular complexity index is 448. The summed E-state index contributed by atoms with van der Waals surface area (Å²) in [5.74, 6) is 0. The molecule has 0 aliphatic heterocycles. The van der Waals surface area contributed by atoms with Gasteiger partial charge in [-0.25, -0.2) is 8.78 Å². The normalized spacial score (nSPS) is 13.4. The molecule has 0 N–H and O–H groups in total. The van der Waals surface area contributed by atoms with Crippen LogP contribution in [-0.2, 0) is 4.79 Å². The second kappa shape index (κ2) is 6.24. The van der Waals surface area contributed by atoms with Crippen LogP contribution in [0.15, 0.2) is 35.2 Å². The third-order valence-corrected chi connectivity index (χ3v) is 3.36. The lowest BCUT2D eigenvalue weighted by molar-refractivity contribution is -0.104. The summed E-state index contributed by atoms with van der Waals surface area (Å²) >= 11 is 5.19. The summed E-state index contributed by atoms with van der Waals surface area (Å²) in [4.78, 5) is 10.0. The van der Waals surface area contributed by atoms with Crippen molar-refractivity contribution >= 4 is 34.7 Å². The Hall–Kier alpha value is -1.01. The molecule has 0 spiro atoms. The number of carbonyl (C=O) groups excluding carboxylic acids is 1. The summed E-state index contributed by atoms with van der Waals surface area (Å²) in [7, 11) is 0. The summed E-state index contributed by atoms with van der Waals surface area (Å²) < 4.78 is 49.7. The van der Waals surface area contributed by atoms with Crippen molar-refractivity contribution in [3.63, 3.8) is 0 Å². The summed E-state index contributed by atoms with van der Waals surface area (Å²) in [6.07, 6.45) is -3.84. The maximum atomic E-state index is 12.8. The second-order valence-electron chi connectivity index (χ2n) is 3.13. The fraction of sp³-hybridized carbons (Fsp3) is 0.182. The summed E-state index contributed by atoms with van der Waals surface area (Å²) in [6.45, 7) is 0. The van der Waals surface area contributed by atoms with Crippen molar-refractivity contribution in [1.29, 1.82) is 0 Å². The van der Waals surface area contributed by atoms with Crippen LogP contribution >= 0.6 is 23.4 Å². The Balaban J connectivity index is 3.06. The van der Waals surface area contributed by atoms with Crippen molar-refractivity contribution in [2.45, 2.75) is 11.7 Å². The Morgan fingerprint density at radius 2 is 1.83 bits per heavy atom. The Labute approximate surface area is 110 Å². The van der Waals surface area contributed by atoms with Crippen molar-refractivity contribution < 1.29 is 22.4 Å². The van der Waals surface area contributed by atoms with Crippen LogP contribution in [-0.4, -0.2) is 18.0 Å². The Morgan fingerprint density at radius 3 is 2.28 bits per heavy atom. The van der Waals surface area contributed by atoms with Gasteiger partial charge in [-0.05, 0) is 17.3 Å². The summed E-state index contributed by atoms with van der Waals surface area (Å²) in [5.41, 5.74) is 0.304. The zero-order chi connectivity index (χ0) is 13.8. The highest BCUT2D eigenvalue weighted by molar-refractivity contribution is 8.05. The number of aldehydes is 1. The van der Waals surface area contributed by atoms with Crippen molar-refractivity contribution in [3.05, 3.63) is 40.8 Å². The topological polar surface area (TPSA) is 17.1 Å². The molecule has 1 aromatic carbocycles. The van der Waals surface area contributed by atoms with Gasteiger partial charge in [0.2, 0.25) is 0 Å². The molecule has 0 bridgehead atoms. The smallest absolute Gasteiger partial charge is 0.297 e. The molecule has 1 rings (SSSR count). The molecule has 0 radical (unpaired) electrons. The number of hydrogen-bond acceptors (Lipinski definition) is 2. The van der Waals surface area contributed by atoms with Crippen LogP contribution in [0.3, 0.4) is 0 Å². The average molecular weight is 299 g/mol. The van der Waals surface area contributed by atoms with E-state index in [0.29, 0.717) is 5.56 Å². The van der Waals surface area contributed by atoms with Gasteiger partial charge in [-0.3, -0.25) is 4.79 Å². The predicted octanol–water partition coefficient (Wildman–Crippen LogP) is 4.38. The highest BCUT2D eigenvalue weighted by Crippen LogP contribution is 2.42. The molecule has 1 aromatic rings. The van der Waals surface area contributed by atoms with E-state index < -0.39 is 28.3 Å². The van der Waals surface area contributed by atoms with Crippen LogP contribution < -0.4 is 0 Å². The first-order valence-electron chi connectivity index (χ1n) is 4.64.